The molecule has 0 atom stereocenters. The zero-order chi connectivity index (χ0) is 18.1. The maximum absolute atomic E-state index is 5.70. The summed E-state index contributed by atoms with van der Waals surface area (Å²) in [5, 5.41) is 0. The number of ether oxygens (including phenoxy) is 6. The summed E-state index contributed by atoms with van der Waals surface area (Å²) in [6, 6.07) is 0. The second-order valence-electron chi connectivity index (χ2n) is 6.36. The molecule has 0 aliphatic carbocycles. The molecule has 0 aromatic carbocycles. The Kier molecular flexibility index (Phi) is 22.4. The predicted molar refractivity (Wildman–Crippen MR) is 97.8 cm³/mol. The van der Waals surface area contributed by atoms with Crippen LogP contribution in [-0.2, 0) is 28.4 Å². The van der Waals surface area contributed by atoms with E-state index >= 15 is 0 Å². The zero-order valence-corrected chi connectivity index (χ0v) is 20.6. The number of rotatable bonds is 0. The van der Waals surface area contributed by atoms with Crippen LogP contribution >= 0.6 is 0 Å². The summed E-state index contributed by atoms with van der Waals surface area (Å²) in [6.45, 7) is 13.2. The molecule has 3 rings (SSSR count). The minimum absolute atomic E-state index is 0. The predicted octanol–water partition coefficient (Wildman–Crippen LogP) is -6.27. The Morgan fingerprint density at radius 2 is 0.500 bits per heavy atom. The van der Waals surface area contributed by atoms with Gasteiger partial charge in [0, 0.05) is 39.3 Å². The van der Waals surface area contributed by atoms with E-state index in [9.17, 15) is 0 Å². The quantitative estimate of drug-likeness (QED) is 0.350. The molecule has 0 unspecified atom stereocenters. The molecule has 0 spiro atoms. The maximum atomic E-state index is 5.70. The first-order valence-electron chi connectivity index (χ1n) is 9.86. The summed E-state index contributed by atoms with van der Waals surface area (Å²) in [5.41, 5.74) is 0. The minimum atomic E-state index is 0. The van der Waals surface area contributed by atoms with E-state index in [1.807, 2.05) is 0 Å². The van der Waals surface area contributed by atoms with Gasteiger partial charge in [-0.15, -0.1) is 0 Å². The normalized spacial score (nSPS) is 28.3. The SMILES string of the molecule is C1COCCN2CCOCCOCCN(CCO1)CCOCCOCC2.[18F-].[K+]. The van der Waals surface area contributed by atoms with Crippen LogP contribution in [0.15, 0.2) is 0 Å². The van der Waals surface area contributed by atoms with E-state index in [1.165, 1.54) is 0 Å². The van der Waals surface area contributed by atoms with E-state index in [2.05, 4.69) is 9.80 Å². The maximum Gasteiger partial charge on any atom is 1.00 e. The van der Waals surface area contributed by atoms with E-state index in [0.29, 0.717) is 79.3 Å². The number of nitrogens with zero attached hydrogens (tertiary/aromatic N) is 2. The van der Waals surface area contributed by atoms with E-state index in [4.69, 9.17) is 28.4 Å². The van der Waals surface area contributed by atoms with Crippen LogP contribution in [0.25, 0.3) is 0 Å². The van der Waals surface area contributed by atoms with Gasteiger partial charge in [-0.05, 0) is 0 Å². The molecule has 3 fully saturated rings. The second kappa shape index (κ2) is 21.5. The zero-order valence-electron chi connectivity index (χ0n) is 17.4. The molecule has 0 amide bonds. The average Bonchev–Trinajstić information content (AvgIpc) is 2.65. The summed E-state index contributed by atoms with van der Waals surface area (Å²) >= 11 is 0. The number of fused-ring (bicyclic) bond motifs is 21. The van der Waals surface area contributed by atoms with Crippen LogP contribution in [0, 0.1) is 0 Å². The van der Waals surface area contributed by atoms with E-state index in [-0.39, 0.29) is 56.1 Å². The summed E-state index contributed by atoms with van der Waals surface area (Å²) in [7, 11) is 0. The van der Waals surface area contributed by atoms with Crippen LogP contribution < -0.4 is 56.1 Å². The molecule has 0 aromatic rings. The molecule has 10 heteroatoms. The van der Waals surface area contributed by atoms with Gasteiger partial charge in [0.25, 0.3) is 0 Å². The van der Waals surface area contributed by atoms with Crippen molar-refractivity contribution in [1.29, 1.82) is 0 Å². The van der Waals surface area contributed by atoms with Crippen LogP contribution in [0.3, 0.4) is 0 Å². The molecule has 3 aliphatic rings. The van der Waals surface area contributed by atoms with Crippen molar-refractivity contribution in [3.8, 4) is 0 Å². The van der Waals surface area contributed by atoms with Gasteiger partial charge in [0.15, 0.2) is 0 Å². The molecule has 0 aromatic heterocycles. The van der Waals surface area contributed by atoms with Crippen molar-refractivity contribution < 1.29 is 84.5 Å². The van der Waals surface area contributed by atoms with Gasteiger partial charge in [0.05, 0.1) is 79.3 Å². The molecule has 0 saturated carbocycles. The van der Waals surface area contributed by atoms with Crippen molar-refractivity contribution in [2.45, 2.75) is 0 Å². The number of halogens is 1. The average molecular weight is 434 g/mol. The minimum Gasteiger partial charge on any atom is -1.00 e. The third kappa shape index (κ3) is 16.0. The van der Waals surface area contributed by atoms with Crippen molar-refractivity contribution in [1.82, 2.24) is 9.80 Å². The Hall–Kier alpha value is 1.25. The monoisotopic (exact) mass is 433 g/mol. The Labute approximate surface area is 211 Å². The molecule has 0 N–H and O–H groups in total. The Morgan fingerprint density at radius 1 is 0.321 bits per heavy atom. The largest absolute Gasteiger partial charge is 1.00 e. The molecule has 8 nitrogen and oxygen atoms in total. The molecular formula is C18H36FKN2O6. The van der Waals surface area contributed by atoms with Crippen LogP contribution in [0.1, 0.15) is 0 Å². The number of hydrogen-bond donors (Lipinski definition) is 0. The van der Waals surface area contributed by atoms with Crippen molar-refractivity contribution in [2.24, 2.45) is 0 Å². The topological polar surface area (TPSA) is 61.9 Å². The second-order valence-corrected chi connectivity index (χ2v) is 6.36. The number of hydrogen-bond acceptors (Lipinski definition) is 8. The van der Waals surface area contributed by atoms with Gasteiger partial charge < -0.3 is 33.1 Å². The molecule has 2 bridgehead atoms. The first kappa shape index (κ1) is 29.2. The van der Waals surface area contributed by atoms with Crippen molar-refractivity contribution >= 4 is 0 Å². The van der Waals surface area contributed by atoms with Gasteiger partial charge >= 0.3 is 51.4 Å². The molecule has 162 valence electrons. The van der Waals surface area contributed by atoms with Crippen LogP contribution in [0.5, 0.6) is 0 Å². The molecule has 28 heavy (non-hydrogen) atoms. The van der Waals surface area contributed by atoms with Crippen molar-refractivity contribution in [2.75, 3.05) is 119 Å². The smallest absolute Gasteiger partial charge is 1.00 e. The summed E-state index contributed by atoms with van der Waals surface area (Å²) in [4.78, 5) is 4.62. The Morgan fingerprint density at radius 3 is 0.679 bits per heavy atom. The van der Waals surface area contributed by atoms with Crippen LogP contribution in [-0.4, -0.2) is 128 Å². The summed E-state index contributed by atoms with van der Waals surface area (Å²) in [6.07, 6.45) is 0. The Bertz CT molecular complexity index is 259. The van der Waals surface area contributed by atoms with Crippen molar-refractivity contribution in [3.05, 3.63) is 0 Å². The third-order valence-electron chi connectivity index (χ3n) is 4.43. The fourth-order valence-corrected chi connectivity index (χ4v) is 2.80. The molecule has 3 heterocycles. The first-order valence-corrected chi connectivity index (χ1v) is 9.86. The molecule has 3 saturated heterocycles. The fraction of sp³-hybridized carbons (Fsp3) is 1.00. The Balaban J connectivity index is 0.00000364. The van der Waals surface area contributed by atoms with Gasteiger partial charge in [-0.2, -0.15) is 0 Å². The van der Waals surface area contributed by atoms with Crippen LogP contribution in [0.2, 0.25) is 0 Å². The molecule has 0 radical (unpaired) electrons. The van der Waals surface area contributed by atoms with Crippen LogP contribution in [0.4, 0.5) is 0 Å². The standard InChI is InChI=1S/C18H36N2O6.FH.K/c1-7-21-13-14-24-10-4-20-5-11-25-17-15-22-8-2-19(1)3-9-23-16-18-26-12-6-20;;/h1-18H2;1H;/q;;+1/p-1/i;1-1;. The molecular weight excluding hydrogens is 397 g/mol. The first-order chi connectivity index (χ1) is 12.9. The molecule has 3 aliphatic heterocycles. The van der Waals surface area contributed by atoms with Gasteiger partial charge in [-0.1, -0.05) is 0 Å². The van der Waals surface area contributed by atoms with Gasteiger partial charge in [-0.3, -0.25) is 9.80 Å². The summed E-state index contributed by atoms with van der Waals surface area (Å²) in [5.74, 6) is 0. The van der Waals surface area contributed by atoms with E-state index in [0.717, 1.165) is 39.3 Å². The van der Waals surface area contributed by atoms with E-state index < -0.39 is 0 Å². The van der Waals surface area contributed by atoms with Gasteiger partial charge in [0.2, 0.25) is 0 Å². The third-order valence-corrected chi connectivity index (χ3v) is 4.43. The van der Waals surface area contributed by atoms with Gasteiger partial charge in [0.1, 0.15) is 0 Å². The van der Waals surface area contributed by atoms with Crippen molar-refractivity contribution in [3.63, 3.8) is 0 Å². The van der Waals surface area contributed by atoms with Gasteiger partial charge in [-0.25, -0.2) is 0 Å². The fourth-order valence-electron chi connectivity index (χ4n) is 2.80. The summed E-state index contributed by atoms with van der Waals surface area (Å²) < 4.78 is 34.2. The van der Waals surface area contributed by atoms with E-state index in [1.54, 1.807) is 0 Å².